The SMILES string of the molecule is Cc1cn[nH]c1NC(=O)C(C)(C)Br. The minimum Gasteiger partial charge on any atom is -0.310 e. The minimum atomic E-state index is -0.565. The number of alkyl halides is 1. The van der Waals surface area contributed by atoms with Crippen molar-refractivity contribution in [2.45, 2.75) is 25.1 Å². The monoisotopic (exact) mass is 245 g/mol. The first-order valence-electron chi connectivity index (χ1n) is 3.91. The molecule has 1 rings (SSSR count). The summed E-state index contributed by atoms with van der Waals surface area (Å²) in [5.74, 6) is 0.553. The molecule has 1 aromatic heterocycles. The van der Waals surface area contributed by atoms with Crippen molar-refractivity contribution in [3.63, 3.8) is 0 Å². The number of H-pyrrole nitrogens is 1. The second kappa shape index (κ2) is 3.49. The maximum Gasteiger partial charge on any atom is 0.241 e. The van der Waals surface area contributed by atoms with Crippen molar-refractivity contribution >= 4 is 27.7 Å². The van der Waals surface area contributed by atoms with Gasteiger partial charge in [0.15, 0.2) is 0 Å². The molecule has 1 aromatic rings. The quantitative estimate of drug-likeness (QED) is 0.782. The summed E-state index contributed by atoms with van der Waals surface area (Å²) in [6, 6.07) is 0. The lowest BCUT2D eigenvalue weighted by Gasteiger charge is -2.14. The summed E-state index contributed by atoms with van der Waals surface area (Å²) >= 11 is 3.27. The Morgan fingerprint density at radius 1 is 1.69 bits per heavy atom. The number of hydrogen-bond donors (Lipinski definition) is 2. The lowest BCUT2D eigenvalue weighted by Crippen LogP contribution is -2.31. The standard InChI is InChI=1S/C8H12BrN3O/c1-5-4-10-12-6(5)11-7(13)8(2,3)9/h4H,1-3H3,(H2,10,11,12,13). The van der Waals surface area contributed by atoms with Gasteiger partial charge in [0.1, 0.15) is 5.82 Å². The number of nitrogens with zero attached hydrogens (tertiary/aromatic N) is 1. The number of aromatic amines is 1. The first-order chi connectivity index (χ1) is 5.91. The molecule has 0 saturated heterocycles. The molecule has 0 fully saturated rings. The molecule has 0 aromatic carbocycles. The van der Waals surface area contributed by atoms with E-state index in [1.165, 1.54) is 0 Å². The zero-order chi connectivity index (χ0) is 10.1. The summed E-state index contributed by atoms with van der Waals surface area (Å²) in [7, 11) is 0. The van der Waals surface area contributed by atoms with E-state index in [1.54, 1.807) is 20.0 Å². The third kappa shape index (κ3) is 2.55. The van der Waals surface area contributed by atoms with E-state index >= 15 is 0 Å². The lowest BCUT2D eigenvalue weighted by molar-refractivity contribution is -0.117. The average Bonchev–Trinajstić information content (AvgIpc) is 2.34. The van der Waals surface area contributed by atoms with Gasteiger partial charge in [0.25, 0.3) is 0 Å². The maximum absolute atomic E-state index is 11.5. The van der Waals surface area contributed by atoms with Crippen molar-refractivity contribution < 1.29 is 4.79 Å². The zero-order valence-corrected chi connectivity index (χ0v) is 9.40. The molecule has 2 N–H and O–H groups in total. The molecule has 0 aliphatic heterocycles. The fourth-order valence-electron chi connectivity index (χ4n) is 0.735. The average molecular weight is 246 g/mol. The van der Waals surface area contributed by atoms with Crippen molar-refractivity contribution in [1.82, 2.24) is 10.2 Å². The maximum atomic E-state index is 11.5. The Balaban J connectivity index is 2.71. The highest BCUT2D eigenvalue weighted by Crippen LogP contribution is 2.19. The van der Waals surface area contributed by atoms with E-state index in [2.05, 4.69) is 31.4 Å². The summed E-state index contributed by atoms with van der Waals surface area (Å²) in [5, 5.41) is 9.23. The van der Waals surface area contributed by atoms with E-state index in [0.717, 1.165) is 5.56 Å². The van der Waals surface area contributed by atoms with E-state index in [9.17, 15) is 4.79 Å². The van der Waals surface area contributed by atoms with Crippen LogP contribution in [0.2, 0.25) is 0 Å². The second-order valence-corrected chi connectivity index (χ2v) is 5.34. The molecule has 1 amide bonds. The number of halogens is 1. The van der Waals surface area contributed by atoms with Crippen LogP contribution in [0, 0.1) is 6.92 Å². The van der Waals surface area contributed by atoms with E-state index in [1.807, 2.05) is 6.92 Å². The van der Waals surface area contributed by atoms with Crippen LogP contribution in [-0.4, -0.2) is 20.4 Å². The highest BCUT2D eigenvalue weighted by atomic mass is 79.9. The summed E-state index contributed by atoms with van der Waals surface area (Å²) < 4.78 is -0.565. The number of carbonyl (C=O) groups excluding carboxylic acids is 1. The fourth-order valence-corrected chi connectivity index (χ4v) is 0.834. The van der Waals surface area contributed by atoms with Crippen LogP contribution in [0.4, 0.5) is 5.82 Å². The Kier molecular flexibility index (Phi) is 2.75. The second-order valence-electron chi connectivity index (χ2n) is 3.35. The van der Waals surface area contributed by atoms with Gasteiger partial charge in [0.05, 0.1) is 10.5 Å². The molecule has 0 atom stereocenters. The van der Waals surface area contributed by atoms with E-state index < -0.39 is 4.32 Å². The van der Waals surface area contributed by atoms with Gasteiger partial charge < -0.3 is 5.32 Å². The lowest BCUT2D eigenvalue weighted by atomic mass is 10.2. The third-order valence-electron chi connectivity index (χ3n) is 1.61. The molecule has 0 saturated carbocycles. The molecule has 0 spiro atoms. The van der Waals surface area contributed by atoms with Crippen LogP contribution in [0.15, 0.2) is 6.20 Å². The number of anilines is 1. The van der Waals surface area contributed by atoms with Crippen molar-refractivity contribution in [1.29, 1.82) is 0 Å². The topological polar surface area (TPSA) is 57.8 Å². The Morgan fingerprint density at radius 3 is 2.69 bits per heavy atom. The van der Waals surface area contributed by atoms with Gasteiger partial charge in [-0.1, -0.05) is 15.9 Å². The van der Waals surface area contributed by atoms with Crippen LogP contribution in [0.3, 0.4) is 0 Å². The van der Waals surface area contributed by atoms with E-state index in [-0.39, 0.29) is 5.91 Å². The Morgan fingerprint density at radius 2 is 2.31 bits per heavy atom. The number of aromatic nitrogens is 2. The van der Waals surface area contributed by atoms with Crippen molar-refractivity contribution in [2.75, 3.05) is 5.32 Å². The van der Waals surface area contributed by atoms with Crippen LogP contribution in [0.25, 0.3) is 0 Å². The highest BCUT2D eigenvalue weighted by molar-refractivity contribution is 9.10. The molecule has 0 bridgehead atoms. The van der Waals surface area contributed by atoms with Gasteiger partial charge in [-0.05, 0) is 20.8 Å². The first kappa shape index (κ1) is 10.2. The van der Waals surface area contributed by atoms with Gasteiger partial charge >= 0.3 is 0 Å². The smallest absolute Gasteiger partial charge is 0.241 e. The van der Waals surface area contributed by atoms with Crippen molar-refractivity contribution in [3.05, 3.63) is 11.8 Å². The Labute approximate surface area is 85.2 Å². The molecule has 72 valence electrons. The van der Waals surface area contributed by atoms with Crippen LogP contribution in [-0.2, 0) is 4.79 Å². The fraction of sp³-hybridized carbons (Fsp3) is 0.500. The van der Waals surface area contributed by atoms with Crippen LogP contribution in [0.1, 0.15) is 19.4 Å². The number of nitrogens with one attached hydrogen (secondary N) is 2. The normalized spacial score (nSPS) is 11.4. The van der Waals surface area contributed by atoms with Crippen LogP contribution < -0.4 is 5.32 Å². The van der Waals surface area contributed by atoms with Gasteiger partial charge in [-0.15, -0.1) is 0 Å². The molecule has 0 radical (unpaired) electrons. The van der Waals surface area contributed by atoms with E-state index in [4.69, 9.17) is 0 Å². The summed E-state index contributed by atoms with van der Waals surface area (Å²) in [6.45, 7) is 5.45. The number of rotatable bonds is 2. The predicted molar refractivity (Wildman–Crippen MR) is 55.0 cm³/mol. The van der Waals surface area contributed by atoms with Crippen molar-refractivity contribution in [3.8, 4) is 0 Å². The molecule has 5 heteroatoms. The Hall–Kier alpha value is -0.840. The van der Waals surface area contributed by atoms with Gasteiger partial charge in [-0.2, -0.15) is 5.10 Å². The van der Waals surface area contributed by atoms with Crippen molar-refractivity contribution in [2.24, 2.45) is 0 Å². The summed E-state index contributed by atoms with van der Waals surface area (Å²) in [5.41, 5.74) is 0.921. The number of amides is 1. The van der Waals surface area contributed by atoms with Crippen LogP contribution >= 0.6 is 15.9 Å². The van der Waals surface area contributed by atoms with E-state index in [0.29, 0.717) is 5.82 Å². The highest BCUT2D eigenvalue weighted by Gasteiger charge is 2.24. The van der Waals surface area contributed by atoms with Gasteiger partial charge in [0.2, 0.25) is 5.91 Å². The molecular formula is C8H12BrN3O. The van der Waals surface area contributed by atoms with Gasteiger partial charge in [-0.3, -0.25) is 9.89 Å². The number of carbonyl (C=O) groups is 1. The molecule has 1 heterocycles. The van der Waals surface area contributed by atoms with Gasteiger partial charge in [0, 0.05) is 5.56 Å². The Bertz CT molecular complexity index is 313. The zero-order valence-electron chi connectivity index (χ0n) is 7.81. The molecule has 13 heavy (non-hydrogen) atoms. The minimum absolute atomic E-state index is 0.0974. The number of hydrogen-bond acceptors (Lipinski definition) is 2. The predicted octanol–water partition coefficient (Wildman–Crippen LogP) is 1.83. The molecule has 0 unspecified atom stereocenters. The summed E-state index contributed by atoms with van der Waals surface area (Å²) in [6.07, 6.45) is 1.66. The third-order valence-corrected chi connectivity index (χ3v) is 1.97. The van der Waals surface area contributed by atoms with Gasteiger partial charge in [-0.25, -0.2) is 0 Å². The molecular weight excluding hydrogens is 234 g/mol. The summed E-state index contributed by atoms with van der Waals surface area (Å²) in [4.78, 5) is 11.5. The largest absolute Gasteiger partial charge is 0.310 e. The molecule has 0 aliphatic carbocycles. The van der Waals surface area contributed by atoms with Crippen LogP contribution in [0.5, 0.6) is 0 Å². The first-order valence-corrected chi connectivity index (χ1v) is 4.71. The molecule has 4 nitrogen and oxygen atoms in total. The number of aryl methyl sites for hydroxylation is 1. The molecule has 0 aliphatic rings.